The Labute approximate surface area is 132 Å². The number of fused-ring (bicyclic) bond motifs is 1. The first-order valence-corrected chi connectivity index (χ1v) is 8.46. The van der Waals surface area contributed by atoms with E-state index in [1.165, 1.54) is 25.7 Å². The molecule has 2 aromatic heterocycles. The van der Waals surface area contributed by atoms with Crippen molar-refractivity contribution in [2.24, 2.45) is 13.0 Å². The quantitative estimate of drug-likeness (QED) is 0.701. The number of hydrogen-bond acceptors (Lipinski definition) is 2. The van der Waals surface area contributed by atoms with Crippen molar-refractivity contribution in [3.8, 4) is 0 Å². The molecule has 0 fully saturated rings. The zero-order valence-corrected chi connectivity index (χ0v) is 14.6. The van der Waals surface area contributed by atoms with Crippen LogP contribution in [0.25, 0.3) is 11.2 Å². The molecular formula is C16H27ClN4. The average Bonchev–Trinajstić information content (AvgIpc) is 2.94. The number of alkyl halides is 1. The van der Waals surface area contributed by atoms with Crippen LogP contribution < -0.4 is 0 Å². The van der Waals surface area contributed by atoms with Gasteiger partial charge in [-0.3, -0.25) is 4.68 Å². The lowest BCUT2D eigenvalue weighted by Crippen LogP contribution is -2.15. The second-order valence-corrected chi connectivity index (χ2v) is 6.65. The smallest absolute Gasteiger partial charge is 0.158 e. The van der Waals surface area contributed by atoms with Gasteiger partial charge in [0.1, 0.15) is 11.3 Å². The largest absolute Gasteiger partial charge is 0.311 e. The monoisotopic (exact) mass is 310 g/mol. The molecule has 0 N–H and O–H groups in total. The van der Waals surface area contributed by atoms with E-state index in [1.807, 2.05) is 25.6 Å². The summed E-state index contributed by atoms with van der Waals surface area (Å²) in [5, 5.41) is 4.41. The maximum Gasteiger partial charge on any atom is 0.158 e. The summed E-state index contributed by atoms with van der Waals surface area (Å²) in [6.45, 7) is 9.51. The lowest BCUT2D eigenvalue weighted by Gasteiger charge is -2.18. The molecule has 2 unspecified atom stereocenters. The minimum Gasteiger partial charge on any atom is -0.311 e. The summed E-state index contributed by atoms with van der Waals surface area (Å²) >= 11 is 6.36. The lowest BCUT2D eigenvalue weighted by atomic mass is 9.99. The highest BCUT2D eigenvalue weighted by Gasteiger charge is 2.21. The average molecular weight is 311 g/mol. The Bertz CT molecular complexity index is 597. The highest BCUT2D eigenvalue weighted by Crippen LogP contribution is 2.28. The van der Waals surface area contributed by atoms with E-state index in [4.69, 9.17) is 16.6 Å². The van der Waals surface area contributed by atoms with Crippen LogP contribution in [0.4, 0.5) is 0 Å². The van der Waals surface area contributed by atoms with Crippen molar-refractivity contribution in [3.63, 3.8) is 0 Å². The van der Waals surface area contributed by atoms with Crippen LogP contribution >= 0.6 is 11.6 Å². The Morgan fingerprint density at radius 3 is 2.57 bits per heavy atom. The molecule has 0 amide bonds. The van der Waals surface area contributed by atoms with E-state index in [0.29, 0.717) is 5.92 Å². The number of rotatable bonds is 7. The predicted molar refractivity (Wildman–Crippen MR) is 88.8 cm³/mol. The molecule has 5 heteroatoms. The third kappa shape index (κ3) is 3.25. The molecule has 0 aliphatic rings. The van der Waals surface area contributed by atoms with E-state index < -0.39 is 0 Å². The molecule has 0 saturated carbocycles. The van der Waals surface area contributed by atoms with Crippen molar-refractivity contribution in [3.05, 3.63) is 11.5 Å². The highest BCUT2D eigenvalue weighted by molar-refractivity contribution is 6.20. The van der Waals surface area contributed by atoms with Gasteiger partial charge in [0.25, 0.3) is 0 Å². The van der Waals surface area contributed by atoms with Crippen LogP contribution in [0.1, 0.15) is 63.3 Å². The molecule has 4 nitrogen and oxygen atoms in total. The van der Waals surface area contributed by atoms with Gasteiger partial charge in [-0.15, -0.1) is 11.6 Å². The minimum atomic E-state index is -0.0829. The van der Waals surface area contributed by atoms with Crippen molar-refractivity contribution in [2.75, 3.05) is 0 Å². The van der Waals surface area contributed by atoms with E-state index >= 15 is 0 Å². The van der Waals surface area contributed by atoms with Crippen LogP contribution in [0.5, 0.6) is 0 Å². The number of aromatic nitrogens is 4. The van der Waals surface area contributed by atoms with Gasteiger partial charge >= 0.3 is 0 Å². The lowest BCUT2D eigenvalue weighted by molar-refractivity contribution is 0.387. The van der Waals surface area contributed by atoms with Crippen LogP contribution in [-0.4, -0.2) is 19.3 Å². The van der Waals surface area contributed by atoms with Crippen molar-refractivity contribution < 1.29 is 0 Å². The van der Waals surface area contributed by atoms with Gasteiger partial charge in [-0.1, -0.05) is 33.1 Å². The predicted octanol–water partition coefficient (Wildman–Crippen LogP) is 4.59. The first kappa shape index (κ1) is 16.3. The normalized spacial score (nSPS) is 14.8. The van der Waals surface area contributed by atoms with Crippen molar-refractivity contribution >= 4 is 22.8 Å². The molecule has 21 heavy (non-hydrogen) atoms. The second kappa shape index (κ2) is 6.82. The van der Waals surface area contributed by atoms with Crippen molar-refractivity contribution in [1.82, 2.24) is 19.3 Å². The highest BCUT2D eigenvalue weighted by atomic mass is 35.5. The van der Waals surface area contributed by atoms with Crippen molar-refractivity contribution in [2.45, 2.75) is 65.3 Å². The van der Waals surface area contributed by atoms with Crippen molar-refractivity contribution in [1.29, 1.82) is 0 Å². The number of halogens is 1. The number of imidazole rings is 1. The first-order chi connectivity index (χ1) is 9.99. The second-order valence-electron chi connectivity index (χ2n) is 5.99. The van der Waals surface area contributed by atoms with Gasteiger partial charge in [0.05, 0.1) is 11.1 Å². The van der Waals surface area contributed by atoms with Crippen LogP contribution in [0.2, 0.25) is 0 Å². The Kier molecular flexibility index (Phi) is 5.31. The molecule has 0 spiro atoms. The van der Waals surface area contributed by atoms with Gasteiger partial charge in [-0.25, -0.2) is 4.98 Å². The van der Waals surface area contributed by atoms with E-state index in [2.05, 4.69) is 23.5 Å². The van der Waals surface area contributed by atoms with E-state index in [0.717, 1.165) is 29.2 Å². The molecule has 2 aromatic rings. The summed E-state index contributed by atoms with van der Waals surface area (Å²) in [6, 6.07) is 0. The molecular weight excluding hydrogens is 284 g/mol. The summed E-state index contributed by atoms with van der Waals surface area (Å²) in [5.41, 5.74) is 3.07. The zero-order valence-electron chi connectivity index (χ0n) is 13.9. The third-order valence-corrected chi connectivity index (χ3v) is 4.45. The molecule has 0 aliphatic carbocycles. The molecule has 2 rings (SSSR count). The first-order valence-electron chi connectivity index (χ1n) is 8.03. The molecule has 118 valence electrons. The summed E-state index contributed by atoms with van der Waals surface area (Å²) in [5.74, 6) is 1.64. The summed E-state index contributed by atoms with van der Waals surface area (Å²) in [7, 11) is 1.99. The molecule has 0 aromatic carbocycles. The molecule has 0 bridgehead atoms. The molecule has 0 radical (unpaired) electrons. The number of nitrogens with zero attached hydrogens (tertiary/aromatic N) is 4. The standard InChI is InChI=1S/C16H27ClN4/c1-6-8-9-13(7-2)10-21-15(11(3)17)18-14-12(4)19-20(5)16(14)21/h11,13H,6-10H2,1-5H3. The van der Waals surface area contributed by atoms with Gasteiger partial charge < -0.3 is 4.57 Å². The molecule has 2 heterocycles. The Morgan fingerprint density at radius 1 is 1.29 bits per heavy atom. The number of unbranched alkanes of at least 4 members (excludes halogenated alkanes) is 1. The van der Waals surface area contributed by atoms with E-state index in [1.54, 1.807) is 0 Å². The maximum absolute atomic E-state index is 6.36. The number of aryl methyl sites for hydroxylation is 2. The summed E-state index contributed by atoms with van der Waals surface area (Å²) < 4.78 is 4.23. The van der Waals surface area contributed by atoms with Gasteiger partial charge in [0.2, 0.25) is 0 Å². The zero-order chi connectivity index (χ0) is 15.6. The van der Waals surface area contributed by atoms with Gasteiger partial charge in [0.15, 0.2) is 5.65 Å². The Hall–Kier alpha value is -1.03. The van der Waals surface area contributed by atoms with Crippen LogP contribution in [0.15, 0.2) is 0 Å². The molecule has 0 aliphatic heterocycles. The fourth-order valence-corrected chi connectivity index (χ4v) is 3.18. The topological polar surface area (TPSA) is 35.6 Å². The molecule has 0 saturated heterocycles. The summed E-state index contributed by atoms with van der Waals surface area (Å²) in [6.07, 6.45) is 4.98. The van der Waals surface area contributed by atoms with Crippen LogP contribution in [-0.2, 0) is 13.6 Å². The van der Waals surface area contributed by atoms with E-state index in [9.17, 15) is 0 Å². The number of hydrogen-bond donors (Lipinski definition) is 0. The third-order valence-electron chi connectivity index (χ3n) is 4.26. The fraction of sp³-hybridized carbons (Fsp3) is 0.750. The Morgan fingerprint density at radius 2 is 2.00 bits per heavy atom. The van der Waals surface area contributed by atoms with Gasteiger partial charge in [-0.05, 0) is 26.2 Å². The molecule has 2 atom stereocenters. The minimum absolute atomic E-state index is 0.0829. The maximum atomic E-state index is 6.36. The van der Waals surface area contributed by atoms with Crippen LogP contribution in [0, 0.1) is 12.8 Å². The van der Waals surface area contributed by atoms with Crippen LogP contribution in [0.3, 0.4) is 0 Å². The van der Waals surface area contributed by atoms with Gasteiger partial charge in [0, 0.05) is 13.6 Å². The fourth-order valence-electron chi connectivity index (χ4n) is 3.01. The van der Waals surface area contributed by atoms with E-state index in [-0.39, 0.29) is 5.38 Å². The Balaban J connectivity index is 2.42. The summed E-state index contributed by atoms with van der Waals surface area (Å²) in [4.78, 5) is 4.75. The SMILES string of the molecule is CCCCC(CC)Cn1c(C(C)Cl)nc2c(C)nn(C)c21. The van der Waals surface area contributed by atoms with Gasteiger partial charge in [-0.2, -0.15) is 5.10 Å².